The molecule has 0 amide bonds. The van der Waals surface area contributed by atoms with Gasteiger partial charge in [-0.25, -0.2) is 0 Å². The van der Waals surface area contributed by atoms with E-state index in [1.807, 2.05) is 36.4 Å². The molecule has 0 spiro atoms. The molecule has 1 aromatic carbocycles. The van der Waals surface area contributed by atoms with Crippen LogP contribution in [0.25, 0.3) is 0 Å². The monoisotopic (exact) mass is 228 g/mol. The van der Waals surface area contributed by atoms with Gasteiger partial charge in [0.25, 0.3) is 0 Å². The van der Waals surface area contributed by atoms with Crippen LogP contribution in [0.15, 0.2) is 66.5 Å². The summed E-state index contributed by atoms with van der Waals surface area (Å²) in [6.07, 6.45) is 6.83. The van der Waals surface area contributed by atoms with Gasteiger partial charge in [0, 0.05) is 0 Å². The number of ether oxygens (including phenoxy) is 1. The Balaban J connectivity index is 2.56. The van der Waals surface area contributed by atoms with Crippen LogP contribution in [0.2, 0.25) is 0 Å². The second-order valence-corrected chi connectivity index (χ2v) is 3.91. The minimum absolute atomic E-state index is 0.581. The molecular formula is C16H20O. The van der Waals surface area contributed by atoms with Gasteiger partial charge in [-0.05, 0) is 31.1 Å². The molecule has 1 aromatic rings. The largest absolute Gasteiger partial charge is 0.489 e. The topological polar surface area (TPSA) is 9.23 Å². The zero-order chi connectivity index (χ0) is 12.5. The molecule has 90 valence electrons. The van der Waals surface area contributed by atoms with Crippen LogP contribution in [-0.2, 0) is 11.3 Å². The lowest BCUT2D eigenvalue weighted by molar-refractivity contribution is 0.211. The maximum Gasteiger partial charge on any atom is 0.119 e. The third kappa shape index (κ3) is 5.21. The van der Waals surface area contributed by atoms with Crippen molar-refractivity contribution in [3.05, 3.63) is 72.0 Å². The van der Waals surface area contributed by atoms with Gasteiger partial charge in [0.05, 0.1) is 0 Å². The molecule has 1 rings (SSSR count). The van der Waals surface area contributed by atoms with Crippen molar-refractivity contribution in [3.8, 4) is 0 Å². The van der Waals surface area contributed by atoms with E-state index < -0.39 is 0 Å². The van der Waals surface area contributed by atoms with Crippen molar-refractivity contribution in [1.29, 1.82) is 0 Å². The van der Waals surface area contributed by atoms with Gasteiger partial charge >= 0.3 is 0 Å². The molecule has 1 heteroatoms. The fourth-order valence-corrected chi connectivity index (χ4v) is 1.26. The number of benzene rings is 1. The van der Waals surface area contributed by atoms with Crippen LogP contribution >= 0.6 is 0 Å². The Kier molecular flexibility index (Phi) is 5.87. The summed E-state index contributed by atoms with van der Waals surface area (Å²) in [4.78, 5) is 0. The van der Waals surface area contributed by atoms with Crippen molar-refractivity contribution in [2.75, 3.05) is 0 Å². The van der Waals surface area contributed by atoms with E-state index in [-0.39, 0.29) is 0 Å². The Morgan fingerprint density at radius 3 is 2.53 bits per heavy atom. The summed E-state index contributed by atoms with van der Waals surface area (Å²) in [5.74, 6) is 0.807. The molecule has 17 heavy (non-hydrogen) atoms. The minimum Gasteiger partial charge on any atom is -0.489 e. The Morgan fingerprint density at radius 2 is 1.94 bits per heavy atom. The van der Waals surface area contributed by atoms with Gasteiger partial charge in [0.1, 0.15) is 12.4 Å². The van der Waals surface area contributed by atoms with Gasteiger partial charge in [-0.15, -0.1) is 0 Å². The Labute approximate surface area is 104 Å². The number of hydrogen-bond donors (Lipinski definition) is 0. The summed E-state index contributed by atoms with van der Waals surface area (Å²) in [6, 6.07) is 10.1. The summed E-state index contributed by atoms with van der Waals surface area (Å²) in [5.41, 5.74) is 2.49. The van der Waals surface area contributed by atoms with E-state index in [4.69, 9.17) is 4.74 Å². The first-order valence-corrected chi connectivity index (χ1v) is 5.93. The highest BCUT2D eigenvalue weighted by Crippen LogP contribution is 2.08. The summed E-state index contributed by atoms with van der Waals surface area (Å²) in [7, 11) is 0. The van der Waals surface area contributed by atoms with E-state index in [1.54, 1.807) is 6.08 Å². The van der Waals surface area contributed by atoms with Crippen LogP contribution in [-0.4, -0.2) is 0 Å². The normalized spacial score (nSPS) is 12.4. The molecule has 0 aliphatic heterocycles. The molecule has 0 aliphatic rings. The van der Waals surface area contributed by atoms with Gasteiger partial charge in [0.15, 0.2) is 0 Å². The SMILES string of the molecule is C=C/C(=C\C=C(/C)CC)OCc1ccccc1. The summed E-state index contributed by atoms with van der Waals surface area (Å²) >= 11 is 0. The quantitative estimate of drug-likeness (QED) is 0.509. The summed E-state index contributed by atoms with van der Waals surface area (Å²) < 4.78 is 5.67. The molecule has 0 bridgehead atoms. The van der Waals surface area contributed by atoms with Crippen LogP contribution in [0, 0.1) is 0 Å². The summed E-state index contributed by atoms with van der Waals surface area (Å²) in [5, 5.41) is 0. The Morgan fingerprint density at radius 1 is 1.24 bits per heavy atom. The molecule has 0 radical (unpaired) electrons. The third-order valence-electron chi connectivity index (χ3n) is 2.54. The van der Waals surface area contributed by atoms with Crippen molar-refractivity contribution in [2.24, 2.45) is 0 Å². The van der Waals surface area contributed by atoms with E-state index in [9.17, 15) is 0 Å². The van der Waals surface area contributed by atoms with Crippen molar-refractivity contribution < 1.29 is 4.74 Å². The molecule has 1 nitrogen and oxygen atoms in total. The van der Waals surface area contributed by atoms with Crippen LogP contribution in [0.4, 0.5) is 0 Å². The van der Waals surface area contributed by atoms with Gasteiger partial charge in [-0.1, -0.05) is 55.5 Å². The minimum atomic E-state index is 0.581. The van der Waals surface area contributed by atoms with Gasteiger partial charge in [0.2, 0.25) is 0 Å². The highest BCUT2D eigenvalue weighted by atomic mass is 16.5. The predicted molar refractivity (Wildman–Crippen MR) is 73.6 cm³/mol. The van der Waals surface area contributed by atoms with Crippen molar-refractivity contribution in [2.45, 2.75) is 26.9 Å². The van der Waals surface area contributed by atoms with E-state index >= 15 is 0 Å². The molecule has 0 N–H and O–H groups in total. The highest BCUT2D eigenvalue weighted by Gasteiger charge is 1.94. The lowest BCUT2D eigenvalue weighted by atomic mass is 10.2. The molecule has 0 saturated carbocycles. The van der Waals surface area contributed by atoms with Gasteiger partial charge in [-0.2, -0.15) is 0 Å². The molecule has 0 aromatic heterocycles. The number of allylic oxidation sites excluding steroid dienone is 4. The fraction of sp³-hybridized carbons (Fsp3) is 0.250. The fourth-order valence-electron chi connectivity index (χ4n) is 1.26. The molecule has 0 heterocycles. The molecule has 0 unspecified atom stereocenters. The van der Waals surface area contributed by atoms with Gasteiger partial charge in [-0.3, -0.25) is 0 Å². The van der Waals surface area contributed by atoms with Crippen molar-refractivity contribution in [1.82, 2.24) is 0 Å². The first kappa shape index (κ1) is 13.3. The van der Waals surface area contributed by atoms with Crippen LogP contribution in [0.5, 0.6) is 0 Å². The number of rotatable bonds is 6. The van der Waals surface area contributed by atoms with E-state index in [2.05, 4.69) is 26.5 Å². The van der Waals surface area contributed by atoms with Crippen LogP contribution < -0.4 is 0 Å². The zero-order valence-electron chi connectivity index (χ0n) is 10.6. The average molecular weight is 228 g/mol. The van der Waals surface area contributed by atoms with Crippen molar-refractivity contribution in [3.63, 3.8) is 0 Å². The molecule has 0 atom stereocenters. The van der Waals surface area contributed by atoms with E-state index in [0.29, 0.717) is 6.61 Å². The van der Waals surface area contributed by atoms with Gasteiger partial charge < -0.3 is 4.74 Å². The Hall–Kier alpha value is -1.76. The second-order valence-electron chi connectivity index (χ2n) is 3.91. The smallest absolute Gasteiger partial charge is 0.119 e. The average Bonchev–Trinajstić information content (AvgIpc) is 2.39. The molecular weight excluding hydrogens is 208 g/mol. The van der Waals surface area contributed by atoms with Crippen LogP contribution in [0.3, 0.4) is 0 Å². The first-order chi connectivity index (χ1) is 8.26. The highest BCUT2D eigenvalue weighted by molar-refractivity contribution is 5.20. The predicted octanol–water partition coefficient (Wildman–Crippen LogP) is 4.63. The zero-order valence-corrected chi connectivity index (χ0v) is 10.6. The van der Waals surface area contributed by atoms with Crippen molar-refractivity contribution >= 4 is 0 Å². The molecule has 0 aliphatic carbocycles. The van der Waals surface area contributed by atoms with Crippen LogP contribution in [0.1, 0.15) is 25.8 Å². The Bertz CT molecular complexity index is 399. The molecule has 0 fully saturated rings. The maximum atomic E-state index is 5.67. The lowest BCUT2D eigenvalue weighted by Gasteiger charge is -2.06. The third-order valence-corrected chi connectivity index (χ3v) is 2.54. The molecule has 0 saturated heterocycles. The van der Waals surface area contributed by atoms with E-state index in [1.165, 1.54) is 5.57 Å². The van der Waals surface area contributed by atoms with E-state index in [0.717, 1.165) is 17.7 Å². The second kappa shape index (κ2) is 7.50. The standard InChI is InChI=1S/C16H20O/c1-4-14(3)11-12-16(5-2)17-13-15-9-7-6-8-10-15/h5-12H,2,4,13H2,1,3H3/b14-11+,16-12+. The number of hydrogen-bond acceptors (Lipinski definition) is 1. The lowest BCUT2D eigenvalue weighted by Crippen LogP contribution is -1.91. The maximum absolute atomic E-state index is 5.67. The summed E-state index contributed by atoms with van der Waals surface area (Å²) in [6.45, 7) is 8.58. The first-order valence-electron chi connectivity index (χ1n) is 5.93.